The second-order valence-electron chi connectivity index (χ2n) is 5.31. The molecule has 0 spiro atoms. The molecule has 0 saturated heterocycles. The predicted octanol–water partition coefficient (Wildman–Crippen LogP) is 0.542. The van der Waals surface area contributed by atoms with E-state index in [2.05, 4.69) is 15.3 Å². The van der Waals surface area contributed by atoms with Crippen LogP contribution in [-0.2, 0) is 16.9 Å². The van der Waals surface area contributed by atoms with E-state index in [1.165, 1.54) is 0 Å². The fraction of sp³-hybridized carbons (Fsp3) is 0.769. The molecule has 0 saturated carbocycles. The van der Waals surface area contributed by atoms with Gasteiger partial charge >= 0.3 is 0 Å². The van der Waals surface area contributed by atoms with Gasteiger partial charge in [-0.3, -0.25) is 4.68 Å². The molecule has 0 aliphatic heterocycles. The average molecular weight is 305 g/mol. The summed E-state index contributed by atoms with van der Waals surface area (Å²) in [6.07, 6.45) is 1.58. The molecule has 6 nitrogen and oxygen atoms in total. The molecule has 1 aromatic rings. The zero-order valence-electron chi connectivity index (χ0n) is 12.7. The molecule has 0 amide bonds. The Morgan fingerprint density at radius 3 is 2.85 bits per heavy atom. The van der Waals surface area contributed by atoms with Crippen molar-refractivity contribution in [2.24, 2.45) is 0 Å². The first-order valence-corrected chi connectivity index (χ1v) is 7.05. The average Bonchev–Trinajstić information content (AvgIpc) is 2.74. The van der Waals surface area contributed by atoms with Crippen LogP contribution in [-0.4, -0.2) is 67.2 Å². The SMILES string of the molecule is COCCNCC(C)(O)c1c(Cl)cnn1CCN(C)C. The number of rotatable bonds is 9. The number of nitrogens with zero attached hydrogens (tertiary/aromatic N) is 3. The maximum absolute atomic E-state index is 10.6. The molecule has 1 aromatic heterocycles. The van der Waals surface area contributed by atoms with Crippen molar-refractivity contribution in [3.63, 3.8) is 0 Å². The van der Waals surface area contributed by atoms with E-state index in [0.29, 0.717) is 37.0 Å². The molecular weight excluding hydrogens is 280 g/mol. The first-order chi connectivity index (χ1) is 9.38. The summed E-state index contributed by atoms with van der Waals surface area (Å²) < 4.78 is 6.73. The summed E-state index contributed by atoms with van der Waals surface area (Å²) in [7, 11) is 5.64. The van der Waals surface area contributed by atoms with Crippen molar-refractivity contribution in [3.05, 3.63) is 16.9 Å². The summed E-state index contributed by atoms with van der Waals surface area (Å²) in [4.78, 5) is 2.06. The van der Waals surface area contributed by atoms with E-state index in [1.807, 2.05) is 14.1 Å². The fourth-order valence-electron chi connectivity index (χ4n) is 1.95. The van der Waals surface area contributed by atoms with Gasteiger partial charge in [-0.15, -0.1) is 0 Å². The van der Waals surface area contributed by atoms with Crippen LogP contribution in [0.5, 0.6) is 0 Å². The Morgan fingerprint density at radius 1 is 1.55 bits per heavy atom. The molecule has 0 aromatic carbocycles. The summed E-state index contributed by atoms with van der Waals surface area (Å²) in [5, 5.41) is 18.5. The minimum Gasteiger partial charge on any atom is -0.383 e. The lowest BCUT2D eigenvalue weighted by Crippen LogP contribution is -2.39. The minimum absolute atomic E-state index is 0.393. The predicted molar refractivity (Wildman–Crippen MR) is 80.1 cm³/mol. The highest BCUT2D eigenvalue weighted by Gasteiger charge is 2.30. The summed E-state index contributed by atoms with van der Waals surface area (Å²) >= 11 is 6.18. The number of aromatic nitrogens is 2. The molecule has 2 N–H and O–H groups in total. The van der Waals surface area contributed by atoms with Crippen LogP contribution in [0.15, 0.2) is 6.20 Å². The maximum Gasteiger partial charge on any atom is 0.117 e. The van der Waals surface area contributed by atoms with E-state index in [9.17, 15) is 5.11 Å². The van der Waals surface area contributed by atoms with Gasteiger partial charge in [-0.25, -0.2) is 0 Å². The third-order valence-electron chi connectivity index (χ3n) is 3.02. The molecule has 0 bridgehead atoms. The third kappa shape index (κ3) is 5.03. The zero-order chi connectivity index (χ0) is 15.2. The van der Waals surface area contributed by atoms with Crippen LogP contribution < -0.4 is 5.32 Å². The number of hydrogen-bond donors (Lipinski definition) is 2. The van der Waals surface area contributed by atoms with E-state index >= 15 is 0 Å². The van der Waals surface area contributed by atoms with Crippen LogP contribution >= 0.6 is 11.6 Å². The smallest absolute Gasteiger partial charge is 0.117 e. The van der Waals surface area contributed by atoms with Gasteiger partial charge in [-0.2, -0.15) is 5.10 Å². The Kier molecular flexibility index (Phi) is 6.91. The second-order valence-corrected chi connectivity index (χ2v) is 5.72. The van der Waals surface area contributed by atoms with Crippen molar-refractivity contribution < 1.29 is 9.84 Å². The lowest BCUT2D eigenvalue weighted by atomic mass is 10.0. The molecule has 0 radical (unpaired) electrons. The van der Waals surface area contributed by atoms with Crippen molar-refractivity contribution in [2.45, 2.75) is 19.1 Å². The largest absolute Gasteiger partial charge is 0.383 e. The van der Waals surface area contributed by atoms with E-state index in [4.69, 9.17) is 16.3 Å². The highest BCUT2D eigenvalue weighted by molar-refractivity contribution is 6.31. The van der Waals surface area contributed by atoms with E-state index in [1.54, 1.807) is 24.9 Å². The van der Waals surface area contributed by atoms with Crippen molar-refractivity contribution in [1.29, 1.82) is 0 Å². The lowest BCUT2D eigenvalue weighted by molar-refractivity contribution is 0.0454. The molecule has 1 heterocycles. The normalized spacial score (nSPS) is 14.8. The van der Waals surface area contributed by atoms with Gasteiger partial charge in [0.25, 0.3) is 0 Å². The number of methoxy groups -OCH3 is 1. The van der Waals surface area contributed by atoms with Crippen LogP contribution in [0.25, 0.3) is 0 Å². The highest BCUT2D eigenvalue weighted by Crippen LogP contribution is 2.27. The Hall–Kier alpha value is -0.660. The molecule has 20 heavy (non-hydrogen) atoms. The maximum atomic E-state index is 10.6. The molecule has 0 aliphatic carbocycles. The Balaban J connectivity index is 2.73. The molecular formula is C13H25ClN4O2. The van der Waals surface area contributed by atoms with Gasteiger partial charge in [0, 0.05) is 26.7 Å². The van der Waals surface area contributed by atoms with Crippen molar-refractivity contribution in [3.8, 4) is 0 Å². The van der Waals surface area contributed by atoms with Crippen molar-refractivity contribution in [1.82, 2.24) is 20.0 Å². The monoisotopic (exact) mass is 304 g/mol. The molecule has 1 unspecified atom stereocenters. The fourth-order valence-corrected chi connectivity index (χ4v) is 2.30. The topological polar surface area (TPSA) is 62.5 Å². The summed E-state index contributed by atoms with van der Waals surface area (Å²) in [6, 6.07) is 0. The first kappa shape index (κ1) is 17.4. The quantitative estimate of drug-likeness (QED) is 0.652. The number of halogens is 1. The number of aliphatic hydroxyl groups is 1. The van der Waals surface area contributed by atoms with Crippen LogP contribution in [0.1, 0.15) is 12.6 Å². The van der Waals surface area contributed by atoms with Crippen LogP contribution in [0, 0.1) is 0 Å². The Labute approximate surface area is 125 Å². The summed E-state index contributed by atoms with van der Waals surface area (Å²) in [5.74, 6) is 0. The standard InChI is InChI=1S/C13H25ClN4O2/c1-13(19,10-15-5-8-20-4)12-11(14)9-16-18(12)7-6-17(2)3/h9,15,19H,5-8,10H2,1-4H3. The second kappa shape index (κ2) is 7.95. The molecule has 1 rings (SSSR count). The number of ether oxygens (including phenoxy) is 1. The Bertz CT molecular complexity index is 407. The van der Waals surface area contributed by atoms with Crippen LogP contribution in [0.4, 0.5) is 0 Å². The third-order valence-corrected chi connectivity index (χ3v) is 3.29. The Morgan fingerprint density at radius 2 is 2.25 bits per heavy atom. The van der Waals surface area contributed by atoms with Crippen molar-refractivity contribution >= 4 is 11.6 Å². The molecule has 7 heteroatoms. The van der Waals surface area contributed by atoms with Crippen molar-refractivity contribution in [2.75, 3.05) is 47.4 Å². The number of nitrogens with one attached hydrogen (secondary N) is 1. The van der Waals surface area contributed by atoms with Gasteiger partial charge < -0.3 is 20.1 Å². The first-order valence-electron chi connectivity index (χ1n) is 6.67. The van der Waals surface area contributed by atoms with E-state index in [0.717, 1.165) is 6.54 Å². The summed E-state index contributed by atoms with van der Waals surface area (Å²) in [6.45, 7) is 4.92. The highest BCUT2D eigenvalue weighted by atomic mass is 35.5. The van der Waals surface area contributed by atoms with Gasteiger partial charge in [0.2, 0.25) is 0 Å². The van der Waals surface area contributed by atoms with Gasteiger partial charge in [0.15, 0.2) is 0 Å². The van der Waals surface area contributed by atoms with Gasteiger partial charge in [0.1, 0.15) is 5.60 Å². The molecule has 0 aliphatic rings. The zero-order valence-corrected chi connectivity index (χ0v) is 13.4. The lowest BCUT2D eigenvalue weighted by Gasteiger charge is -2.26. The van der Waals surface area contributed by atoms with Gasteiger partial charge in [-0.05, 0) is 21.0 Å². The van der Waals surface area contributed by atoms with Crippen LogP contribution in [0.2, 0.25) is 5.02 Å². The molecule has 1 atom stereocenters. The molecule has 0 fully saturated rings. The number of likely N-dealkylation sites (N-methyl/N-ethyl adjacent to an activating group) is 1. The van der Waals surface area contributed by atoms with Gasteiger partial charge in [-0.1, -0.05) is 11.6 Å². The summed E-state index contributed by atoms with van der Waals surface area (Å²) in [5.41, 5.74) is -0.431. The van der Waals surface area contributed by atoms with E-state index in [-0.39, 0.29) is 0 Å². The number of hydrogen-bond acceptors (Lipinski definition) is 5. The van der Waals surface area contributed by atoms with Crippen LogP contribution in [0.3, 0.4) is 0 Å². The minimum atomic E-state index is -1.08. The molecule has 116 valence electrons. The van der Waals surface area contributed by atoms with E-state index < -0.39 is 5.60 Å². The van der Waals surface area contributed by atoms with Gasteiger partial charge in [0.05, 0.1) is 30.1 Å².